The molecular weight excluding hydrogens is 334 g/mol. The molecule has 0 spiro atoms. The maximum atomic E-state index is 10.8. The van der Waals surface area contributed by atoms with Crippen LogP contribution in [0.3, 0.4) is 0 Å². The minimum absolute atomic E-state index is 0.0902. The number of aryl methyl sites for hydroxylation is 1. The molecule has 140 valence electrons. The van der Waals surface area contributed by atoms with E-state index in [9.17, 15) is 10.1 Å². The van der Waals surface area contributed by atoms with Gasteiger partial charge in [-0.25, -0.2) is 0 Å². The van der Waals surface area contributed by atoms with Gasteiger partial charge in [0.25, 0.3) is 5.69 Å². The molecule has 1 aliphatic heterocycles. The maximum Gasteiger partial charge on any atom is 0.269 e. The number of nitrogens with one attached hydrogen (secondary N) is 1. The van der Waals surface area contributed by atoms with Gasteiger partial charge in [0.15, 0.2) is 0 Å². The van der Waals surface area contributed by atoms with Crippen molar-refractivity contribution in [3.63, 3.8) is 0 Å². The quantitative estimate of drug-likeness (QED) is 0.439. The number of nitro groups is 1. The van der Waals surface area contributed by atoms with Gasteiger partial charge in [-0.15, -0.1) is 0 Å². The van der Waals surface area contributed by atoms with Crippen LogP contribution in [0.1, 0.15) is 12.0 Å². The molecule has 0 atom stereocenters. The average molecular weight is 359 g/mol. The van der Waals surface area contributed by atoms with Crippen LogP contribution in [0.25, 0.3) is 11.3 Å². The van der Waals surface area contributed by atoms with Crippen molar-refractivity contribution in [3.8, 4) is 11.3 Å². The summed E-state index contributed by atoms with van der Waals surface area (Å²) in [6.45, 7) is 6.46. The van der Waals surface area contributed by atoms with Crippen molar-refractivity contribution in [1.82, 2.24) is 20.0 Å². The average Bonchev–Trinajstić information content (AvgIpc) is 3.03. The van der Waals surface area contributed by atoms with Crippen molar-refractivity contribution < 1.29 is 9.66 Å². The third kappa shape index (κ3) is 4.87. The van der Waals surface area contributed by atoms with Crippen LogP contribution in [0.5, 0.6) is 0 Å². The molecule has 1 N–H and O–H groups in total. The summed E-state index contributed by atoms with van der Waals surface area (Å²) in [6.07, 6.45) is 3.08. The number of hydrogen-bond acceptors (Lipinski definition) is 6. The molecule has 0 aliphatic carbocycles. The maximum absolute atomic E-state index is 10.8. The zero-order valence-corrected chi connectivity index (χ0v) is 15.1. The standard InChI is InChI=1S/C18H25N5O3/c1-21-14-16(13-19-7-2-8-22-9-11-26-12-10-22)18(20-21)15-3-5-17(6-4-15)23(24)25/h3-6,14,19H,2,7-13H2,1H3. The first kappa shape index (κ1) is 18.5. The lowest BCUT2D eigenvalue weighted by molar-refractivity contribution is -0.384. The summed E-state index contributed by atoms with van der Waals surface area (Å²) >= 11 is 0. The Morgan fingerprint density at radius 1 is 1.27 bits per heavy atom. The third-order valence-electron chi connectivity index (χ3n) is 4.50. The van der Waals surface area contributed by atoms with Crippen LogP contribution in [0.2, 0.25) is 0 Å². The minimum atomic E-state index is -0.390. The number of nitro benzene ring substituents is 1. The molecule has 1 fully saturated rings. The van der Waals surface area contributed by atoms with Gasteiger partial charge in [0.1, 0.15) is 0 Å². The van der Waals surface area contributed by atoms with Crippen LogP contribution in [-0.4, -0.2) is 59.0 Å². The molecule has 1 aliphatic rings. The largest absolute Gasteiger partial charge is 0.379 e. The fourth-order valence-electron chi connectivity index (χ4n) is 3.13. The Labute approximate surface area is 152 Å². The second kappa shape index (κ2) is 8.88. The number of aromatic nitrogens is 2. The SMILES string of the molecule is Cn1cc(CNCCCN2CCOCC2)c(-c2ccc([N+](=O)[O-])cc2)n1. The van der Waals surface area contributed by atoms with Crippen molar-refractivity contribution in [2.24, 2.45) is 7.05 Å². The molecule has 1 aromatic heterocycles. The number of hydrogen-bond donors (Lipinski definition) is 1. The molecule has 0 saturated carbocycles. The smallest absolute Gasteiger partial charge is 0.269 e. The molecule has 1 aromatic carbocycles. The van der Waals surface area contributed by atoms with Gasteiger partial charge in [-0.1, -0.05) is 0 Å². The fraction of sp³-hybridized carbons (Fsp3) is 0.500. The number of non-ortho nitro benzene ring substituents is 1. The molecule has 0 bridgehead atoms. The van der Waals surface area contributed by atoms with Crippen molar-refractivity contribution in [2.45, 2.75) is 13.0 Å². The Hall–Kier alpha value is -2.29. The molecule has 0 unspecified atom stereocenters. The first-order valence-electron chi connectivity index (χ1n) is 8.91. The van der Waals surface area contributed by atoms with Gasteiger partial charge in [-0.05, 0) is 31.6 Å². The summed E-state index contributed by atoms with van der Waals surface area (Å²) in [5.74, 6) is 0. The number of rotatable bonds is 8. The predicted octanol–water partition coefficient (Wildman–Crippen LogP) is 1.81. The normalized spacial score (nSPS) is 15.3. The van der Waals surface area contributed by atoms with Gasteiger partial charge in [0.2, 0.25) is 0 Å². The molecule has 8 nitrogen and oxygen atoms in total. The molecule has 2 heterocycles. The Kier molecular flexibility index (Phi) is 6.32. The van der Waals surface area contributed by atoms with E-state index < -0.39 is 0 Å². The highest BCUT2D eigenvalue weighted by Gasteiger charge is 2.13. The van der Waals surface area contributed by atoms with Crippen LogP contribution in [-0.2, 0) is 18.3 Å². The lowest BCUT2D eigenvalue weighted by Crippen LogP contribution is -2.37. The highest BCUT2D eigenvalue weighted by Crippen LogP contribution is 2.24. The van der Waals surface area contributed by atoms with Crippen LogP contribution < -0.4 is 5.32 Å². The van der Waals surface area contributed by atoms with Gasteiger partial charge in [0, 0.05) is 56.1 Å². The van der Waals surface area contributed by atoms with E-state index in [2.05, 4.69) is 15.3 Å². The van der Waals surface area contributed by atoms with Gasteiger partial charge >= 0.3 is 0 Å². The van der Waals surface area contributed by atoms with Gasteiger partial charge in [-0.3, -0.25) is 19.7 Å². The second-order valence-corrected chi connectivity index (χ2v) is 6.46. The van der Waals surface area contributed by atoms with E-state index in [1.807, 2.05) is 13.2 Å². The topological polar surface area (TPSA) is 85.5 Å². The summed E-state index contributed by atoms with van der Waals surface area (Å²) in [5, 5.41) is 18.8. The number of ether oxygens (including phenoxy) is 1. The monoisotopic (exact) mass is 359 g/mol. The molecule has 8 heteroatoms. The highest BCUT2D eigenvalue weighted by molar-refractivity contribution is 5.64. The molecule has 1 saturated heterocycles. The Morgan fingerprint density at radius 3 is 2.69 bits per heavy atom. The highest BCUT2D eigenvalue weighted by atomic mass is 16.6. The van der Waals surface area contributed by atoms with Crippen LogP contribution in [0.4, 0.5) is 5.69 Å². The molecule has 0 radical (unpaired) electrons. The predicted molar refractivity (Wildman–Crippen MR) is 98.9 cm³/mol. The van der Waals surface area contributed by atoms with Gasteiger partial charge in [-0.2, -0.15) is 5.10 Å². The minimum Gasteiger partial charge on any atom is -0.379 e. The van der Waals surface area contributed by atoms with E-state index in [1.54, 1.807) is 16.8 Å². The van der Waals surface area contributed by atoms with E-state index >= 15 is 0 Å². The van der Waals surface area contributed by atoms with Crippen molar-refractivity contribution >= 4 is 5.69 Å². The van der Waals surface area contributed by atoms with Crippen LogP contribution in [0.15, 0.2) is 30.5 Å². The summed E-state index contributed by atoms with van der Waals surface area (Å²) in [7, 11) is 1.89. The zero-order chi connectivity index (χ0) is 18.4. The van der Waals surface area contributed by atoms with Gasteiger partial charge in [0.05, 0.1) is 23.8 Å². The lowest BCUT2D eigenvalue weighted by atomic mass is 10.1. The summed E-state index contributed by atoms with van der Waals surface area (Å²) in [6, 6.07) is 6.54. The summed E-state index contributed by atoms with van der Waals surface area (Å²) < 4.78 is 7.14. The first-order valence-corrected chi connectivity index (χ1v) is 8.91. The summed E-state index contributed by atoms with van der Waals surface area (Å²) in [4.78, 5) is 12.8. The van der Waals surface area contributed by atoms with Crippen LogP contribution in [0, 0.1) is 10.1 Å². The van der Waals surface area contributed by atoms with E-state index in [0.29, 0.717) is 0 Å². The van der Waals surface area contributed by atoms with Crippen LogP contribution >= 0.6 is 0 Å². The van der Waals surface area contributed by atoms with Crippen molar-refractivity contribution in [1.29, 1.82) is 0 Å². The van der Waals surface area contributed by atoms with Gasteiger partial charge < -0.3 is 10.1 Å². The molecular formula is C18H25N5O3. The van der Waals surface area contributed by atoms with Crippen molar-refractivity contribution in [2.75, 3.05) is 39.4 Å². The number of nitrogens with zero attached hydrogens (tertiary/aromatic N) is 4. The van der Waals surface area contributed by atoms with E-state index in [0.717, 1.165) is 69.2 Å². The molecule has 26 heavy (non-hydrogen) atoms. The molecule has 0 amide bonds. The number of benzene rings is 1. The van der Waals surface area contributed by atoms with E-state index in [1.165, 1.54) is 12.1 Å². The Morgan fingerprint density at radius 2 is 2.00 bits per heavy atom. The Bertz CT molecular complexity index is 723. The third-order valence-corrected chi connectivity index (χ3v) is 4.50. The second-order valence-electron chi connectivity index (χ2n) is 6.46. The number of morpholine rings is 1. The fourth-order valence-corrected chi connectivity index (χ4v) is 3.13. The Balaban J connectivity index is 1.52. The first-order chi connectivity index (χ1) is 12.6. The lowest BCUT2D eigenvalue weighted by Gasteiger charge is -2.26. The van der Waals surface area contributed by atoms with E-state index in [-0.39, 0.29) is 10.6 Å². The summed E-state index contributed by atoms with van der Waals surface area (Å²) in [5.41, 5.74) is 2.93. The van der Waals surface area contributed by atoms with Crippen molar-refractivity contribution in [3.05, 3.63) is 46.1 Å². The molecule has 3 rings (SSSR count). The molecule has 2 aromatic rings. The zero-order valence-electron chi connectivity index (χ0n) is 15.1. The van der Waals surface area contributed by atoms with E-state index in [4.69, 9.17) is 4.74 Å².